The van der Waals surface area contributed by atoms with Gasteiger partial charge in [0, 0.05) is 20.9 Å². The molecule has 0 atom stereocenters. The number of rotatable bonds is 7. The van der Waals surface area contributed by atoms with Crippen LogP contribution in [0.1, 0.15) is 10.6 Å². The van der Waals surface area contributed by atoms with Crippen molar-refractivity contribution in [3.05, 3.63) is 76.5 Å². The van der Waals surface area contributed by atoms with Gasteiger partial charge in [-0.2, -0.15) is 0 Å². The van der Waals surface area contributed by atoms with Crippen LogP contribution in [-0.2, 0) is 16.1 Å². The van der Waals surface area contributed by atoms with E-state index in [0.29, 0.717) is 17.3 Å². The van der Waals surface area contributed by atoms with Gasteiger partial charge in [0.2, 0.25) is 11.8 Å². The number of hydrogen-bond acceptors (Lipinski definition) is 4. The second kappa shape index (κ2) is 9.21. The zero-order chi connectivity index (χ0) is 19.1. The SMILES string of the molecule is O=C(C=Cc1ccc(-c2cccc(Cl)c2)s1)NCC(=O)NCc1ccco1. The van der Waals surface area contributed by atoms with Crippen molar-refractivity contribution < 1.29 is 14.0 Å². The van der Waals surface area contributed by atoms with E-state index >= 15 is 0 Å². The maximum atomic E-state index is 11.9. The number of carbonyl (C=O) groups excluding carboxylic acids is 2. The molecular formula is C20H17ClN2O3S. The molecule has 0 saturated carbocycles. The third-order valence-electron chi connectivity index (χ3n) is 3.60. The molecule has 3 rings (SSSR count). The lowest BCUT2D eigenvalue weighted by molar-refractivity contribution is -0.124. The van der Waals surface area contributed by atoms with E-state index in [1.54, 1.807) is 29.5 Å². The lowest BCUT2D eigenvalue weighted by Gasteiger charge is -2.03. The zero-order valence-corrected chi connectivity index (χ0v) is 15.8. The average Bonchev–Trinajstić information content (AvgIpc) is 3.35. The molecule has 1 aromatic carbocycles. The summed E-state index contributed by atoms with van der Waals surface area (Å²) in [4.78, 5) is 25.6. The number of nitrogens with one attached hydrogen (secondary N) is 2. The van der Waals surface area contributed by atoms with Crippen molar-refractivity contribution in [2.75, 3.05) is 6.54 Å². The second-order valence-electron chi connectivity index (χ2n) is 5.62. The first-order valence-corrected chi connectivity index (χ1v) is 9.40. The average molecular weight is 401 g/mol. The Hall–Kier alpha value is -2.83. The summed E-state index contributed by atoms with van der Waals surface area (Å²) in [5.74, 6) is 0.0381. The summed E-state index contributed by atoms with van der Waals surface area (Å²) in [6.45, 7) is 0.196. The zero-order valence-electron chi connectivity index (χ0n) is 14.3. The number of furan rings is 1. The predicted octanol–water partition coefficient (Wildman–Crippen LogP) is 4.11. The molecule has 2 aromatic heterocycles. The van der Waals surface area contributed by atoms with Crippen LogP contribution in [0.15, 0.2) is 65.3 Å². The third-order valence-corrected chi connectivity index (χ3v) is 4.93. The highest BCUT2D eigenvalue weighted by Gasteiger charge is 2.05. The highest BCUT2D eigenvalue weighted by Crippen LogP contribution is 2.30. The second-order valence-corrected chi connectivity index (χ2v) is 7.17. The van der Waals surface area contributed by atoms with E-state index in [0.717, 1.165) is 15.3 Å². The highest BCUT2D eigenvalue weighted by molar-refractivity contribution is 7.16. The van der Waals surface area contributed by atoms with Crippen molar-refractivity contribution in [2.24, 2.45) is 0 Å². The Morgan fingerprint density at radius 3 is 2.78 bits per heavy atom. The minimum absolute atomic E-state index is 0.0952. The Bertz CT molecular complexity index is 948. The molecule has 0 fully saturated rings. The van der Waals surface area contributed by atoms with Crippen LogP contribution in [-0.4, -0.2) is 18.4 Å². The standard InChI is InChI=1S/C20H17ClN2O3S/c21-15-4-1-3-14(11-15)18-8-6-17(27-18)7-9-19(24)23-13-20(25)22-12-16-5-2-10-26-16/h1-11H,12-13H2,(H,22,25)(H,23,24). The van der Waals surface area contributed by atoms with Crippen LogP contribution in [0.5, 0.6) is 0 Å². The van der Waals surface area contributed by atoms with Gasteiger partial charge >= 0.3 is 0 Å². The molecule has 0 aliphatic carbocycles. The molecule has 0 aliphatic heterocycles. The molecule has 0 radical (unpaired) electrons. The summed E-state index contributed by atoms with van der Waals surface area (Å²) in [6, 6.07) is 15.0. The van der Waals surface area contributed by atoms with Gasteiger partial charge in [0.05, 0.1) is 19.4 Å². The Morgan fingerprint density at radius 1 is 1.11 bits per heavy atom. The van der Waals surface area contributed by atoms with Gasteiger partial charge in [-0.3, -0.25) is 9.59 Å². The van der Waals surface area contributed by atoms with Crippen LogP contribution in [0, 0.1) is 0 Å². The van der Waals surface area contributed by atoms with Crippen LogP contribution in [0.25, 0.3) is 16.5 Å². The number of thiophene rings is 1. The summed E-state index contributed by atoms with van der Waals surface area (Å²) in [5.41, 5.74) is 1.03. The molecule has 0 spiro atoms. The van der Waals surface area contributed by atoms with Gasteiger partial charge in [-0.1, -0.05) is 23.7 Å². The largest absolute Gasteiger partial charge is 0.467 e. The fraction of sp³-hybridized carbons (Fsp3) is 0.100. The molecule has 27 heavy (non-hydrogen) atoms. The Balaban J connectivity index is 1.46. The summed E-state index contributed by atoms with van der Waals surface area (Å²) >= 11 is 7.57. The van der Waals surface area contributed by atoms with Crippen LogP contribution in [0.4, 0.5) is 0 Å². The van der Waals surface area contributed by atoms with Crippen LogP contribution >= 0.6 is 22.9 Å². The highest BCUT2D eigenvalue weighted by atomic mass is 35.5. The molecule has 3 aromatic rings. The number of benzene rings is 1. The van der Waals surface area contributed by atoms with Gasteiger partial charge in [0.25, 0.3) is 0 Å². The monoisotopic (exact) mass is 400 g/mol. The van der Waals surface area contributed by atoms with Crippen molar-refractivity contribution in [3.63, 3.8) is 0 Å². The fourth-order valence-electron chi connectivity index (χ4n) is 2.28. The first-order valence-electron chi connectivity index (χ1n) is 8.21. The Morgan fingerprint density at radius 2 is 2.00 bits per heavy atom. The lowest BCUT2D eigenvalue weighted by atomic mass is 10.2. The van der Waals surface area contributed by atoms with Crippen LogP contribution in [0.2, 0.25) is 5.02 Å². The molecule has 7 heteroatoms. The number of amides is 2. The lowest BCUT2D eigenvalue weighted by Crippen LogP contribution is -2.35. The molecule has 0 aliphatic rings. The van der Waals surface area contributed by atoms with E-state index < -0.39 is 0 Å². The summed E-state index contributed by atoms with van der Waals surface area (Å²) in [6.07, 6.45) is 4.67. The fourth-order valence-corrected chi connectivity index (χ4v) is 3.38. The summed E-state index contributed by atoms with van der Waals surface area (Å²) < 4.78 is 5.12. The molecule has 0 saturated heterocycles. The molecule has 2 amide bonds. The third kappa shape index (κ3) is 5.84. The Labute approximate surface area is 165 Å². The molecular weight excluding hydrogens is 384 g/mol. The van der Waals surface area contributed by atoms with E-state index in [1.807, 2.05) is 36.4 Å². The molecule has 0 unspecified atom stereocenters. The van der Waals surface area contributed by atoms with Crippen molar-refractivity contribution in [1.82, 2.24) is 10.6 Å². The molecule has 2 N–H and O–H groups in total. The first kappa shape index (κ1) is 18.9. The van der Waals surface area contributed by atoms with Gasteiger partial charge in [-0.25, -0.2) is 0 Å². The van der Waals surface area contributed by atoms with E-state index in [2.05, 4.69) is 10.6 Å². The topological polar surface area (TPSA) is 71.3 Å². The van der Waals surface area contributed by atoms with Crippen molar-refractivity contribution in [3.8, 4) is 10.4 Å². The van der Waals surface area contributed by atoms with E-state index in [1.165, 1.54) is 12.3 Å². The van der Waals surface area contributed by atoms with E-state index in [4.69, 9.17) is 16.0 Å². The smallest absolute Gasteiger partial charge is 0.244 e. The normalized spacial score (nSPS) is 10.9. The quantitative estimate of drug-likeness (QED) is 0.586. The number of halogens is 1. The van der Waals surface area contributed by atoms with E-state index in [9.17, 15) is 9.59 Å². The number of carbonyl (C=O) groups is 2. The first-order chi connectivity index (χ1) is 13.1. The van der Waals surface area contributed by atoms with Crippen molar-refractivity contribution in [2.45, 2.75) is 6.54 Å². The van der Waals surface area contributed by atoms with Gasteiger partial charge in [-0.15, -0.1) is 11.3 Å². The predicted molar refractivity (Wildman–Crippen MR) is 107 cm³/mol. The molecule has 2 heterocycles. The van der Waals surface area contributed by atoms with E-state index in [-0.39, 0.29) is 18.4 Å². The minimum Gasteiger partial charge on any atom is -0.467 e. The van der Waals surface area contributed by atoms with Gasteiger partial charge in [-0.05, 0) is 48.0 Å². The maximum absolute atomic E-state index is 11.9. The molecule has 5 nitrogen and oxygen atoms in total. The van der Waals surface area contributed by atoms with Crippen LogP contribution in [0.3, 0.4) is 0 Å². The summed E-state index contributed by atoms with van der Waals surface area (Å²) in [7, 11) is 0. The maximum Gasteiger partial charge on any atom is 0.244 e. The van der Waals surface area contributed by atoms with Crippen molar-refractivity contribution in [1.29, 1.82) is 0 Å². The summed E-state index contributed by atoms with van der Waals surface area (Å²) in [5, 5.41) is 5.89. The molecule has 0 bridgehead atoms. The molecule has 138 valence electrons. The van der Waals surface area contributed by atoms with Gasteiger partial charge < -0.3 is 15.1 Å². The number of hydrogen-bond donors (Lipinski definition) is 2. The van der Waals surface area contributed by atoms with Gasteiger partial charge in [0.1, 0.15) is 5.76 Å². The van der Waals surface area contributed by atoms with Crippen molar-refractivity contribution >= 4 is 40.8 Å². The Kier molecular flexibility index (Phi) is 6.46. The van der Waals surface area contributed by atoms with Crippen LogP contribution < -0.4 is 10.6 Å². The minimum atomic E-state index is -0.333. The van der Waals surface area contributed by atoms with Gasteiger partial charge in [0.15, 0.2) is 0 Å².